The average Bonchev–Trinajstić information content (AvgIpc) is 3.07. The predicted molar refractivity (Wildman–Crippen MR) is 181 cm³/mol. The Hall–Kier alpha value is -5.20. The number of hydrogen-bond acceptors (Lipinski definition) is 0. The van der Waals surface area contributed by atoms with E-state index >= 15 is 0 Å². The van der Waals surface area contributed by atoms with Crippen LogP contribution in [0.15, 0.2) is 158 Å². The lowest BCUT2D eigenvalue weighted by molar-refractivity contribution is 0.996. The minimum atomic E-state index is 0.967. The fraction of sp³-hybridized carbons (Fsp3) is 0.0476. The molecule has 0 N–H and O–H groups in total. The van der Waals surface area contributed by atoms with Gasteiger partial charge >= 0.3 is 0 Å². The van der Waals surface area contributed by atoms with E-state index < -0.39 is 0 Å². The van der Waals surface area contributed by atoms with E-state index in [0.717, 1.165) is 12.8 Å². The van der Waals surface area contributed by atoms with Crippen molar-refractivity contribution in [1.82, 2.24) is 0 Å². The molecule has 8 aromatic rings. The Labute approximate surface area is 246 Å². The van der Waals surface area contributed by atoms with Crippen molar-refractivity contribution in [2.45, 2.75) is 12.8 Å². The molecule has 0 saturated heterocycles. The summed E-state index contributed by atoms with van der Waals surface area (Å²) in [5.74, 6) is 0. The summed E-state index contributed by atoms with van der Waals surface area (Å²) in [6.07, 6.45) is 1.93. The van der Waals surface area contributed by atoms with Gasteiger partial charge in [-0.2, -0.15) is 0 Å². The van der Waals surface area contributed by atoms with Gasteiger partial charge in [0.25, 0.3) is 0 Å². The third-order valence-electron chi connectivity index (χ3n) is 8.84. The summed E-state index contributed by atoms with van der Waals surface area (Å²) in [5, 5.41) is 10.7. The van der Waals surface area contributed by atoms with Gasteiger partial charge in [-0.15, -0.1) is 0 Å². The number of fused-ring (bicyclic) bond motifs is 4. The monoisotopic (exact) mass is 534 g/mol. The maximum Gasteiger partial charge on any atom is -0.00266 e. The average molecular weight is 535 g/mol. The lowest BCUT2D eigenvalue weighted by Gasteiger charge is -2.20. The first-order chi connectivity index (χ1) is 20.9. The van der Waals surface area contributed by atoms with Gasteiger partial charge in [0.15, 0.2) is 0 Å². The highest BCUT2D eigenvalue weighted by Crippen LogP contribution is 2.42. The SMILES string of the molecule is c1ccc(-c2c3ccccc3c(CCc3c4ccccc4c(-c4ccccc4)c4ccccc34)c3ccccc23)cc1. The maximum absolute atomic E-state index is 2.32. The molecule has 0 aliphatic carbocycles. The molecule has 0 amide bonds. The Morgan fingerprint density at radius 3 is 0.762 bits per heavy atom. The van der Waals surface area contributed by atoms with Crippen molar-refractivity contribution >= 4 is 43.1 Å². The molecule has 0 bridgehead atoms. The second kappa shape index (κ2) is 10.3. The molecule has 0 fully saturated rings. The molecule has 0 aliphatic rings. The van der Waals surface area contributed by atoms with Crippen LogP contribution in [0.3, 0.4) is 0 Å². The van der Waals surface area contributed by atoms with Crippen LogP contribution in [-0.4, -0.2) is 0 Å². The molecule has 8 aromatic carbocycles. The molecular formula is C42H30. The Kier molecular flexibility index (Phi) is 6.04. The van der Waals surface area contributed by atoms with E-state index in [9.17, 15) is 0 Å². The molecule has 0 spiro atoms. The Balaban J connectivity index is 1.35. The zero-order chi connectivity index (χ0) is 27.9. The number of benzene rings is 8. The third kappa shape index (κ3) is 3.99. The summed E-state index contributed by atoms with van der Waals surface area (Å²) in [7, 11) is 0. The molecule has 0 aromatic heterocycles. The molecule has 0 heterocycles. The lowest BCUT2D eigenvalue weighted by atomic mass is 9.84. The van der Waals surface area contributed by atoms with Gasteiger partial charge < -0.3 is 0 Å². The Bertz CT molecular complexity index is 1950. The van der Waals surface area contributed by atoms with Gasteiger partial charge in [0.2, 0.25) is 0 Å². The first kappa shape index (κ1) is 24.6. The summed E-state index contributed by atoms with van der Waals surface area (Å²) in [6, 6.07) is 57.6. The van der Waals surface area contributed by atoms with Crippen molar-refractivity contribution in [2.75, 3.05) is 0 Å². The summed E-state index contributed by atoms with van der Waals surface area (Å²) in [5.41, 5.74) is 8.06. The first-order valence-electron chi connectivity index (χ1n) is 14.8. The molecule has 0 atom stereocenters. The Morgan fingerprint density at radius 1 is 0.238 bits per heavy atom. The molecule has 0 radical (unpaired) electrons. The zero-order valence-corrected chi connectivity index (χ0v) is 23.4. The third-order valence-corrected chi connectivity index (χ3v) is 8.84. The van der Waals surface area contributed by atoms with Crippen LogP contribution in [0.5, 0.6) is 0 Å². The molecule has 42 heavy (non-hydrogen) atoms. The summed E-state index contributed by atoms with van der Waals surface area (Å²) in [4.78, 5) is 0. The number of rotatable bonds is 5. The molecular weight excluding hydrogens is 504 g/mol. The summed E-state index contributed by atoms with van der Waals surface area (Å²) in [6.45, 7) is 0. The molecule has 8 rings (SSSR count). The number of hydrogen-bond donors (Lipinski definition) is 0. The largest absolute Gasteiger partial charge is 0.0622 e. The molecule has 0 heteroatoms. The normalized spacial score (nSPS) is 11.5. The van der Waals surface area contributed by atoms with E-state index in [1.54, 1.807) is 0 Å². The van der Waals surface area contributed by atoms with Gasteiger partial charge in [-0.3, -0.25) is 0 Å². The molecule has 0 unspecified atom stereocenters. The quantitative estimate of drug-likeness (QED) is 0.193. The van der Waals surface area contributed by atoms with Crippen LogP contribution < -0.4 is 0 Å². The van der Waals surface area contributed by atoms with Gasteiger partial charge in [-0.25, -0.2) is 0 Å². The van der Waals surface area contributed by atoms with Crippen molar-refractivity contribution in [2.24, 2.45) is 0 Å². The van der Waals surface area contributed by atoms with Crippen LogP contribution in [0.2, 0.25) is 0 Å². The highest BCUT2D eigenvalue weighted by atomic mass is 14.2. The fourth-order valence-electron chi connectivity index (χ4n) is 7.06. The highest BCUT2D eigenvalue weighted by molar-refractivity contribution is 6.16. The van der Waals surface area contributed by atoms with Crippen molar-refractivity contribution in [3.05, 3.63) is 169 Å². The molecule has 0 nitrogen and oxygen atoms in total. The molecule has 198 valence electrons. The number of aryl methyl sites for hydroxylation is 2. The van der Waals surface area contributed by atoms with Crippen molar-refractivity contribution in [3.8, 4) is 22.3 Å². The second-order valence-corrected chi connectivity index (χ2v) is 11.1. The fourth-order valence-corrected chi connectivity index (χ4v) is 7.06. The Morgan fingerprint density at radius 2 is 0.476 bits per heavy atom. The summed E-state index contributed by atoms with van der Waals surface area (Å²) >= 11 is 0. The summed E-state index contributed by atoms with van der Waals surface area (Å²) < 4.78 is 0. The van der Waals surface area contributed by atoms with Crippen LogP contribution in [-0.2, 0) is 12.8 Å². The van der Waals surface area contributed by atoms with Crippen molar-refractivity contribution < 1.29 is 0 Å². The van der Waals surface area contributed by atoms with Crippen LogP contribution in [0.4, 0.5) is 0 Å². The van der Waals surface area contributed by atoms with Crippen LogP contribution >= 0.6 is 0 Å². The lowest BCUT2D eigenvalue weighted by Crippen LogP contribution is -1.99. The van der Waals surface area contributed by atoms with E-state index in [2.05, 4.69) is 158 Å². The van der Waals surface area contributed by atoms with Gasteiger partial charge in [-0.05, 0) is 89.3 Å². The van der Waals surface area contributed by atoms with Gasteiger partial charge in [0.05, 0.1) is 0 Å². The van der Waals surface area contributed by atoms with Gasteiger partial charge in [0.1, 0.15) is 0 Å². The van der Waals surface area contributed by atoms with Crippen molar-refractivity contribution in [1.29, 1.82) is 0 Å². The van der Waals surface area contributed by atoms with E-state index in [4.69, 9.17) is 0 Å². The van der Waals surface area contributed by atoms with E-state index in [1.165, 1.54) is 76.5 Å². The second-order valence-electron chi connectivity index (χ2n) is 11.1. The van der Waals surface area contributed by atoms with E-state index in [1.807, 2.05) is 0 Å². The standard InChI is InChI=1S/C42H30/c1-3-15-29(16-4-1)41-37-23-11-7-19-31(37)35(32-20-8-12-24-38(32)41)27-28-36-33-21-9-13-25-39(33)42(30-17-5-2-6-18-30)40-26-14-10-22-34(36)40/h1-26H,27-28H2. The van der Waals surface area contributed by atoms with Crippen LogP contribution in [0.1, 0.15) is 11.1 Å². The highest BCUT2D eigenvalue weighted by Gasteiger charge is 2.18. The van der Waals surface area contributed by atoms with Gasteiger partial charge in [-0.1, -0.05) is 158 Å². The van der Waals surface area contributed by atoms with Crippen LogP contribution in [0.25, 0.3) is 65.3 Å². The molecule has 0 aliphatic heterocycles. The minimum absolute atomic E-state index is 0.967. The minimum Gasteiger partial charge on any atom is -0.0622 e. The predicted octanol–water partition coefficient (Wildman–Crippen LogP) is 11.4. The zero-order valence-electron chi connectivity index (χ0n) is 23.4. The smallest absolute Gasteiger partial charge is 0.00266 e. The van der Waals surface area contributed by atoms with Gasteiger partial charge in [0, 0.05) is 0 Å². The maximum atomic E-state index is 2.32. The first-order valence-corrected chi connectivity index (χ1v) is 14.8. The molecule has 0 saturated carbocycles. The van der Waals surface area contributed by atoms with Crippen molar-refractivity contribution in [3.63, 3.8) is 0 Å². The van der Waals surface area contributed by atoms with E-state index in [0.29, 0.717) is 0 Å². The topological polar surface area (TPSA) is 0 Å². The van der Waals surface area contributed by atoms with Crippen LogP contribution in [0, 0.1) is 0 Å². The van der Waals surface area contributed by atoms with E-state index in [-0.39, 0.29) is 0 Å².